The number of fused-ring (bicyclic) bond motifs is 2. The fourth-order valence-corrected chi connectivity index (χ4v) is 6.92. The summed E-state index contributed by atoms with van der Waals surface area (Å²) in [5, 5.41) is 22.1. The number of nitrogens with one attached hydrogen (secondary N) is 2. The van der Waals surface area contributed by atoms with E-state index in [4.69, 9.17) is 16.6 Å². The second kappa shape index (κ2) is 14.6. The summed E-state index contributed by atoms with van der Waals surface area (Å²) in [6.07, 6.45) is 7.39. The number of hydrogen-bond donors (Lipinski definition) is 3. The Balaban J connectivity index is 0.000000259. The molecule has 4 heteroatoms. The van der Waals surface area contributed by atoms with Gasteiger partial charge in [-0.3, -0.25) is 15.8 Å². The summed E-state index contributed by atoms with van der Waals surface area (Å²) in [6, 6.07) is 58.3. The molecule has 9 rings (SSSR count). The lowest BCUT2D eigenvalue weighted by Gasteiger charge is -2.17. The highest BCUT2D eigenvalue weighted by Gasteiger charge is 2.19. The quantitative estimate of drug-likeness (QED) is 0.125. The van der Waals surface area contributed by atoms with E-state index in [1.54, 1.807) is 18.5 Å². The summed E-state index contributed by atoms with van der Waals surface area (Å²) >= 11 is 0. The lowest BCUT2D eigenvalue weighted by atomic mass is 9.87. The third-order valence-corrected chi connectivity index (χ3v) is 9.65. The van der Waals surface area contributed by atoms with Crippen LogP contribution < -0.4 is 5.73 Å². The van der Waals surface area contributed by atoms with Gasteiger partial charge in [0.15, 0.2) is 0 Å². The van der Waals surface area contributed by atoms with Crippen molar-refractivity contribution in [1.82, 2.24) is 4.98 Å². The van der Waals surface area contributed by atoms with Gasteiger partial charge in [-0.25, -0.2) is 0 Å². The molecule has 1 aliphatic rings. The Morgan fingerprint density at radius 3 is 1.51 bits per heavy atom. The second-order valence-electron chi connectivity index (χ2n) is 13.0. The van der Waals surface area contributed by atoms with Crippen molar-refractivity contribution in [2.45, 2.75) is 0 Å². The van der Waals surface area contributed by atoms with Crippen LogP contribution in [0, 0.1) is 10.8 Å². The second-order valence-corrected chi connectivity index (χ2v) is 13.0. The molecular formula is C49H36N4. The highest BCUT2D eigenvalue weighted by Crippen LogP contribution is 2.34. The normalized spacial score (nSPS) is 12.5. The molecule has 53 heavy (non-hydrogen) atoms. The van der Waals surface area contributed by atoms with Crippen LogP contribution in [0.5, 0.6) is 0 Å². The smallest absolute Gasteiger partial charge is 0.0867 e. The molecular weight excluding hydrogens is 645 g/mol. The van der Waals surface area contributed by atoms with Crippen molar-refractivity contribution in [2.24, 2.45) is 0 Å². The van der Waals surface area contributed by atoms with E-state index < -0.39 is 0 Å². The van der Waals surface area contributed by atoms with Crippen molar-refractivity contribution >= 4 is 49.8 Å². The van der Waals surface area contributed by atoms with Crippen LogP contribution in [-0.4, -0.2) is 16.4 Å². The highest BCUT2D eigenvalue weighted by atomic mass is 14.6. The SMILES string of the molecule is N=C1C=C(c2ccc(-c3cccc4ccccc34)cc2)C=C(c2ccc(-c3cccc4ccccc34)cc2)C1=N.Nc1cccc(-c2ccncc2)c1. The summed E-state index contributed by atoms with van der Waals surface area (Å²) in [4.78, 5) is 3.96. The monoisotopic (exact) mass is 680 g/mol. The maximum absolute atomic E-state index is 8.65. The predicted octanol–water partition coefficient (Wildman–Crippen LogP) is 12.2. The summed E-state index contributed by atoms with van der Waals surface area (Å²) < 4.78 is 0. The molecule has 0 atom stereocenters. The number of nitrogens with zero attached hydrogens (tertiary/aromatic N) is 1. The molecule has 0 aliphatic heterocycles. The molecule has 252 valence electrons. The molecule has 0 amide bonds. The Morgan fingerprint density at radius 2 is 0.925 bits per heavy atom. The molecule has 0 fully saturated rings. The van der Waals surface area contributed by atoms with Crippen LogP contribution in [0.3, 0.4) is 0 Å². The van der Waals surface area contributed by atoms with Crippen LogP contribution in [-0.2, 0) is 0 Å². The highest BCUT2D eigenvalue weighted by molar-refractivity contribution is 6.61. The first-order valence-corrected chi connectivity index (χ1v) is 17.6. The first-order chi connectivity index (χ1) is 26.0. The van der Waals surface area contributed by atoms with E-state index in [1.165, 1.54) is 32.7 Å². The van der Waals surface area contributed by atoms with E-state index in [-0.39, 0.29) is 11.4 Å². The molecule has 1 heterocycles. The molecule has 0 bridgehead atoms. The predicted molar refractivity (Wildman–Crippen MR) is 224 cm³/mol. The zero-order valence-electron chi connectivity index (χ0n) is 29.0. The number of aromatic nitrogens is 1. The standard InChI is InChI=1S/C38H26N2.C11H10N2/c39-37-24-31(25-15-17-28(18-16-25)34-13-5-9-26-7-1-3-11-32(26)34)23-36(38(37)40)30-21-19-29(20-22-30)35-14-6-10-27-8-2-4-12-33(27)35;12-11-3-1-2-10(8-11)9-4-6-13-7-5-9/h1-24,39-40H;1-8H,12H2. The number of nitrogens with two attached hydrogens (primary N) is 1. The average molecular weight is 681 g/mol. The van der Waals surface area contributed by atoms with Gasteiger partial charge in [-0.15, -0.1) is 0 Å². The molecule has 0 saturated heterocycles. The van der Waals surface area contributed by atoms with Gasteiger partial charge < -0.3 is 5.73 Å². The number of benzene rings is 7. The molecule has 0 unspecified atom stereocenters. The Bertz CT molecular complexity index is 2680. The molecule has 8 aromatic rings. The van der Waals surface area contributed by atoms with Gasteiger partial charge in [0.1, 0.15) is 0 Å². The summed E-state index contributed by atoms with van der Waals surface area (Å²) in [5.74, 6) is 0. The van der Waals surface area contributed by atoms with Gasteiger partial charge in [0.2, 0.25) is 0 Å². The molecule has 0 saturated carbocycles. The lowest BCUT2D eigenvalue weighted by Crippen LogP contribution is -2.15. The number of hydrogen-bond acceptors (Lipinski definition) is 4. The number of rotatable bonds is 5. The van der Waals surface area contributed by atoms with Crippen molar-refractivity contribution < 1.29 is 0 Å². The average Bonchev–Trinajstić information content (AvgIpc) is 3.22. The molecule has 1 aliphatic carbocycles. The van der Waals surface area contributed by atoms with Gasteiger partial charge in [-0.2, -0.15) is 0 Å². The fourth-order valence-electron chi connectivity index (χ4n) is 6.92. The van der Waals surface area contributed by atoms with Gasteiger partial charge in [-0.1, -0.05) is 146 Å². The van der Waals surface area contributed by atoms with E-state index >= 15 is 0 Å². The Kier molecular flexibility index (Phi) is 9.08. The zero-order valence-corrected chi connectivity index (χ0v) is 29.0. The summed E-state index contributed by atoms with van der Waals surface area (Å²) in [7, 11) is 0. The van der Waals surface area contributed by atoms with Crippen molar-refractivity contribution in [1.29, 1.82) is 10.8 Å². The minimum Gasteiger partial charge on any atom is -0.399 e. The largest absolute Gasteiger partial charge is 0.399 e. The lowest BCUT2D eigenvalue weighted by molar-refractivity contribution is 1.33. The molecule has 4 nitrogen and oxygen atoms in total. The number of anilines is 1. The minimum atomic E-state index is 0.226. The van der Waals surface area contributed by atoms with E-state index in [2.05, 4.69) is 138 Å². The molecule has 0 radical (unpaired) electrons. The Morgan fingerprint density at radius 1 is 0.415 bits per heavy atom. The molecule has 7 aromatic carbocycles. The molecule has 1 aromatic heterocycles. The maximum Gasteiger partial charge on any atom is 0.0867 e. The fraction of sp³-hybridized carbons (Fsp3) is 0. The topological polar surface area (TPSA) is 86.6 Å². The third-order valence-electron chi connectivity index (χ3n) is 9.65. The van der Waals surface area contributed by atoms with E-state index in [0.717, 1.165) is 50.2 Å². The van der Waals surface area contributed by atoms with Gasteiger partial charge in [0, 0.05) is 23.7 Å². The van der Waals surface area contributed by atoms with E-state index in [9.17, 15) is 0 Å². The number of pyridine rings is 1. The van der Waals surface area contributed by atoms with Crippen molar-refractivity contribution in [3.05, 3.63) is 206 Å². The number of allylic oxidation sites excluding steroid dienone is 4. The van der Waals surface area contributed by atoms with Crippen molar-refractivity contribution in [3.63, 3.8) is 0 Å². The first-order valence-electron chi connectivity index (χ1n) is 17.6. The number of nitrogen functional groups attached to an aromatic ring is 1. The third kappa shape index (κ3) is 6.94. The molecule has 0 spiro atoms. The van der Waals surface area contributed by atoms with Crippen LogP contribution in [0.1, 0.15) is 11.1 Å². The van der Waals surface area contributed by atoms with Gasteiger partial charge >= 0.3 is 0 Å². The van der Waals surface area contributed by atoms with E-state index in [1.807, 2.05) is 42.5 Å². The Labute approximate surface area is 309 Å². The van der Waals surface area contributed by atoms with E-state index in [0.29, 0.717) is 0 Å². The minimum absolute atomic E-state index is 0.226. The Hall–Kier alpha value is -7.17. The van der Waals surface area contributed by atoms with Gasteiger partial charge in [0.05, 0.1) is 11.4 Å². The van der Waals surface area contributed by atoms with Crippen molar-refractivity contribution in [2.75, 3.05) is 5.73 Å². The van der Waals surface area contributed by atoms with Crippen LogP contribution in [0.25, 0.3) is 66.1 Å². The summed E-state index contributed by atoms with van der Waals surface area (Å²) in [6.45, 7) is 0. The van der Waals surface area contributed by atoms with Crippen LogP contribution in [0.15, 0.2) is 194 Å². The first kappa shape index (κ1) is 33.0. The van der Waals surface area contributed by atoms with Crippen LogP contribution in [0.4, 0.5) is 5.69 Å². The van der Waals surface area contributed by atoms with Crippen molar-refractivity contribution in [3.8, 4) is 33.4 Å². The van der Waals surface area contributed by atoms with Gasteiger partial charge in [-0.05, 0) is 108 Å². The zero-order chi connectivity index (χ0) is 36.1. The maximum atomic E-state index is 8.65. The molecule has 4 N–H and O–H groups in total. The summed E-state index contributed by atoms with van der Waals surface area (Å²) in [5.41, 5.74) is 17.6. The van der Waals surface area contributed by atoms with Gasteiger partial charge in [0.25, 0.3) is 0 Å². The van der Waals surface area contributed by atoms with Crippen LogP contribution >= 0.6 is 0 Å². The van der Waals surface area contributed by atoms with Crippen LogP contribution in [0.2, 0.25) is 0 Å².